The first-order valence-electron chi connectivity index (χ1n) is 8.25. The molecule has 0 radical (unpaired) electrons. The first kappa shape index (κ1) is 16.0. The zero-order chi connectivity index (χ0) is 17.9. The Morgan fingerprint density at radius 2 is 1.65 bits per heavy atom. The number of aromatic nitrogens is 4. The summed E-state index contributed by atoms with van der Waals surface area (Å²) in [5.41, 5.74) is 1.89. The Balaban J connectivity index is 1.64. The molecule has 6 nitrogen and oxygen atoms in total. The van der Waals surface area contributed by atoms with E-state index in [-0.39, 0.29) is 17.9 Å². The van der Waals surface area contributed by atoms with Crippen molar-refractivity contribution in [2.24, 2.45) is 0 Å². The number of nitrogens with zero attached hydrogens (tertiary/aromatic N) is 4. The summed E-state index contributed by atoms with van der Waals surface area (Å²) in [7, 11) is 0. The highest BCUT2D eigenvalue weighted by atomic mass is 16.1. The Bertz CT molecular complexity index is 1110. The van der Waals surface area contributed by atoms with Crippen molar-refractivity contribution in [1.29, 1.82) is 0 Å². The fourth-order valence-corrected chi connectivity index (χ4v) is 2.85. The molecule has 0 fully saturated rings. The Morgan fingerprint density at radius 1 is 0.962 bits per heavy atom. The summed E-state index contributed by atoms with van der Waals surface area (Å²) in [6, 6.07) is 18.8. The minimum atomic E-state index is -0.265. The van der Waals surface area contributed by atoms with Gasteiger partial charge in [-0.15, -0.1) is 0 Å². The minimum absolute atomic E-state index is 0.0460. The lowest BCUT2D eigenvalue weighted by Crippen LogP contribution is -2.24. The number of ketones is 1. The van der Waals surface area contributed by atoms with Gasteiger partial charge in [0.2, 0.25) is 0 Å². The minimum Gasteiger partial charge on any atom is -0.292 e. The van der Waals surface area contributed by atoms with Crippen LogP contribution in [0.3, 0.4) is 0 Å². The molecule has 0 atom stereocenters. The van der Waals surface area contributed by atoms with E-state index in [1.807, 2.05) is 36.4 Å². The van der Waals surface area contributed by atoms with Crippen molar-refractivity contribution in [3.63, 3.8) is 0 Å². The van der Waals surface area contributed by atoms with Gasteiger partial charge in [-0.3, -0.25) is 14.2 Å². The fourth-order valence-electron chi connectivity index (χ4n) is 2.85. The van der Waals surface area contributed by atoms with Gasteiger partial charge in [-0.05, 0) is 5.56 Å². The van der Waals surface area contributed by atoms with Crippen LogP contribution in [0.25, 0.3) is 11.0 Å². The first-order valence-corrected chi connectivity index (χ1v) is 8.25. The van der Waals surface area contributed by atoms with Gasteiger partial charge in [0.15, 0.2) is 11.4 Å². The molecule has 6 heteroatoms. The van der Waals surface area contributed by atoms with Crippen LogP contribution in [-0.2, 0) is 13.1 Å². The van der Waals surface area contributed by atoms with Crippen LogP contribution >= 0.6 is 0 Å². The van der Waals surface area contributed by atoms with Crippen molar-refractivity contribution in [1.82, 2.24) is 19.3 Å². The van der Waals surface area contributed by atoms with Gasteiger partial charge in [0.1, 0.15) is 11.7 Å². The van der Waals surface area contributed by atoms with Crippen LogP contribution in [0, 0.1) is 0 Å². The summed E-state index contributed by atoms with van der Waals surface area (Å²) >= 11 is 0. The second-order valence-corrected chi connectivity index (χ2v) is 5.99. The molecule has 0 unspecified atom stereocenters. The highest BCUT2D eigenvalue weighted by molar-refractivity contribution is 5.95. The van der Waals surface area contributed by atoms with E-state index in [4.69, 9.17) is 0 Å². The van der Waals surface area contributed by atoms with Gasteiger partial charge < -0.3 is 0 Å². The molecule has 0 saturated heterocycles. The third-order valence-corrected chi connectivity index (χ3v) is 4.21. The largest absolute Gasteiger partial charge is 0.292 e. The average Bonchev–Trinajstić information content (AvgIpc) is 3.09. The number of fused-ring (bicyclic) bond motifs is 1. The molecule has 2 heterocycles. The molecule has 0 aliphatic heterocycles. The number of benzene rings is 2. The van der Waals surface area contributed by atoms with Crippen molar-refractivity contribution in [3.05, 3.63) is 94.7 Å². The summed E-state index contributed by atoms with van der Waals surface area (Å²) < 4.78 is 3.02. The fraction of sp³-hybridized carbons (Fsp3) is 0.100. The maximum Gasteiger partial charge on any atom is 0.264 e. The monoisotopic (exact) mass is 344 g/mol. The predicted molar refractivity (Wildman–Crippen MR) is 98.1 cm³/mol. The lowest BCUT2D eigenvalue weighted by molar-refractivity contribution is 0.0970. The van der Waals surface area contributed by atoms with Gasteiger partial charge in [-0.1, -0.05) is 60.7 Å². The van der Waals surface area contributed by atoms with E-state index < -0.39 is 0 Å². The van der Waals surface area contributed by atoms with Gasteiger partial charge in [0, 0.05) is 5.56 Å². The van der Waals surface area contributed by atoms with Gasteiger partial charge in [0.25, 0.3) is 5.56 Å². The third kappa shape index (κ3) is 3.04. The molecule has 0 amide bonds. The molecular weight excluding hydrogens is 328 g/mol. The highest BCUT2D eigenvalue weighted by Gasteiger charge is 2.13. The second-order valence-electron chi connectivity index (χ2n) is 5.99. The molecule has 26 heavy (non-hydrogen) atoms. The number of hydrogen-bond donors (Lipinski definition) is 0. The van der Waals surface area contributed by atoms with Gasteiger partial charge in [0.05, 0.1) is 19.3 Å². The van der Waals surface area contributed by atoms with Crippen LogP contribution in [-0.4, -0.2) is 25.1 Å². The summed E-state index contributed by atoms with van der Waals surface area (Å²) in [6.45, 7) is 0.486. The van der Waals surface area contributed by atoms with Crippen LogP contribution in [0.2, 0.25) is 0 Å². The number of carbonyl (C=O) groups is 1. The lowest BCUT2D eigenvalue weighted by atomic mass is 10.1. The summed E-state index contributed by atoms with van der Waals surface area (Å²) in [5, 5.41) is 4.69. The van der Waals surface area contributed by atoms with Crippen molar-refractivity contribution < 1.29 is 4.79 Å². The maximum atomic E-state index is 12.7. The molecule has 0 aliphatic rings. The molecule has 2 aromatic heterocycles. The number of hydrogen-bond acceptors (Lipinski definition) is 4. The molecule has 0 saturated carbocycles. The Kier molecular flexibility index (Phi) is 4.15. The van der Waals surface area contributed by atoms with E-state index in [2.05, 4.69) is 10.1 Å². The predicted octanol–water partition coefficient (Wildman–Crippen LogP) is 2.52. The summed E-state index contributed by atoms with van der Waals surface area (Å²) in [4.78, 5) is 29.4. The van der Waals surface area contributed by atoms with E-state index in [1.54, 1.807) is 28.9 Å². The maximum absolute atomic E-state index is 12.7. The second kappa shape index (κ2) is 6.76. The molecule has 4 rings (SSSR count). The SMILES string of the molecule is O=C(Cn1cnc2c(cnn2Cc2ccccc2)c1=O)c1ccccc1. The van der Waals surface area contributed by atoms with E-state index in [0.717, 1.165) is 5.56 Å². The van der Waals surface area contributed by atoms with Gasteiger partial charge in [-0.25, -0.2) is 9.67 Å². The number of carbonyl (C=O) groups excluding carboxylic acids is 1. The van der Waals surface area contributed by atoms with Crippen molar-refractivity contribution in [2.75, 3.05) is 0 Å². The van der Waals surface area contributed by atoms with Crippen molar-refractivity contribution >= 4 is 16.8 Å². The van der Waals surface area contributed by atoms with Crippen molar-refractivity contribution in [2.45, 2.75) is 13.1 Å². The van der Waals surface area contributed by atoms with Crippen LogP contribution in [0.4, 0.5) is 0 Å². The molecule has 128 valence electrons. The third-order valence-electron chi connectivity index (χ3n) is 4.21. The van der Waals surface area contributed by atoms with Crippen LogP contribution in [0.1, 0.15) is 15.9 Å². The standard InChI is InChI=1S/C20H16N4O2/c25-18(16-9-5-2-6-10-16)13-23-14-21-19-17(20(23)26)11-22-24(19)12-15-7-3-1-4-8-15/h1-11,14H,12-13H2. The highest BCUT2D eigenvalue weighted by Crippen LogP contribution is 2.10. The molecule has 2 aromatic carbocycles. The van der Waals surface area contributed by atoms with Gasteiger partial charge in [-0.2, -0.15) is 5.10 Å². The van der Waals surface area contributed by atoms with Crippen LogP contribution in [0.5, 0.6) is 0 Å². The van der Waals surface area contributed by atoms with Crippen molar-refractivity contribution in [3.8, 4) is 0 Å². The molecule has 0 aliphatic carbocycles. The van der Waals surface area contributed by atoms with E-state index in [1.165, 1.54) is 17.1 Å². The molecule has 4 aromatic rings. The zero-order valence-corrected chi connectivity index (χ0v) is 13.9. The van der Waals surface area contributed by atoms with E-state index in [0.29, 0.717) is 23.1 Å². The molecule has 0 spiro atoms. The lowest BCUT2D eigenvalue weighted by Gasteiger charge is -2.06. The quantitative estimate of drug-likeness (QED) is 0.522. The summed E-state index contributed by atoms with van der Waals surface area (Å²) in [5.74, 6) is -0.134. The zero-order valence-electron chi connectivity index (χ0n) is 13.9. The Labute approximate surface area is 149 Å². The van der Waals surface area contributed by atoms with Crippen LogP contribution < -0.4 is 5.56 Å². The number of Topliss-reactive ketones (excluding diaryl/α,β-unsaturated/α-hetero) is 1. The first-order chi connectivity index (χ1) is 12.7. The molecule has 0 bridgehead atoms. The van der Waals surface area contributed by atoms with E-state index in [9.17, 15) is 9.59 Å². The summed E-state index contributed by atoms with van der Waals surface area (Å²) in [6.07, 6.45) is 2.92. The topological polar surface area (TPSA) is 69.8 Å². The Morgan fingerprint density at radius 3 is 2.38 bits per heavy atom. The molecular formula is C20H16N4O2. The van der Waals surface area contributed by atoms with Gasteiger partial charge >= 0.3 is 0 Å². The normalized spacial score (nSPS) is 10.9. The number of rotatable bonds is 5. The Hall–Kier alpha value is -3.54. The average molecular weight is 344 g/mol. The smallest absolute Gasteiger partial charge is 0.264 e. The van der Waals surface area contributed by atoms with E-state index >= 15 is 0 Å². The molecule has 0 N–H and O–H groups in total. The van der Waals surface area contributed by atoms with Crippen LogP contribution in [0.15, 0.2) is 78.0 Å².